The molecule has 0 fully saturated rings. The Kier molecular flexibility index (Phi) is 64.0. The molecule has 0 aromatic carbocycles. The molecule has 0 atom stereocenters. The fraction of sp³-hybridized carbons (Fsp3) is 0.750. The second-order valence-corrected chi connectivity index (χ2v) is 1.21. The van der Waals surface area contributed by atoms with Crippen molar-refractivity contribution < 1.29 is 23.6 Å². The molecule has 7 heteroatoms. The van der Waals surface area contributed by atoms with Crippen LogP contribution in [-0.2, 0) is 9.53 Å². The third-order valence-electron chi connectivity index (χ3n) is 0.414. The second kappa shape index (κ2) is 22.6. The van der Waals surface area contributed by atoms with Crippen molar-refractivity contribution in [1.82, 2.24) is 0 Å². The maximum absolute atomic E-state index is 10.1. The van der Waals surface area contributed by atoms with Crippen LogP contribution in [0.4, 0.5) is 14.1 Å². The number of hydrogen-bond acceptors (Lipinski definition) is 2. The summed E-state index contributed by atoms with van der Waals surface area (Å²) in [5.41, 5.74) is 0. The van der Waals surface area contributed by atoms with E-state index in [4.69, 9.17) is 11.6 Å². The van der Waals surface area contributed by atoms with Crippen LogP contribution in [0.5, 0.6) is 0 Å². The Morgan fingerprint density at radius 1 is 1.36 bits per heavy atom. The van der Waals surface area contributed by atoms with Gasteiger partial charge in [0.05, 0.1) is 15.0 Å². The molecule has 0 rings (SSSR count). The van der Waals surface area contributed by atoms with Gasteiger partial charge in [0, 0.05) is 0 Å². The minimum atomic E-state index is -0.357. The average molecular weight is 196 g/mol. The van der Waals surface area contributed by atoms with Gasteiger partial charge in [-0.25, -0.2) is 0 Å². The Morgan fingerprint density at radius 3 is 1.82 bits per heavy atom. The number of ether oxygens (including phenoxy) is 1. The van der Waals surface area contributed by atoms with Crippen LogP contribution in [0.15, 0.2) is 0 Å². The summed E-state index contributed by atoms with van der Waals surface area (Å²) >= 11 is 5.06. The molecule has 0 radical (unpaired) electrons. The first-order valence-electron chi connectivity index (χ1n) is 2.02. The Labute approximate surface area is 69.9 Å². The SMILES string of the molecule is B.CCOC(=O)CCl.F.F.F. The number of hydrogen-bond donors (Lipinski definition) is 0. The molecule has 0 aliphatic rings. The molecule has 0 saturated heterocycles. The fourth-order valence-corrected chi connectivity index (χ4v) is 0.277. The summed E-state index contributed by atoms with van der Waals surface area (Å²) in [5, 5.41) is 0. The lowest BCUT2D eigenvalue weighted by Crippen LogP contribution is -2.03. The molecule has 0 heterocycles. The van der Waals surface area contributed by atoms with Crippen molar-refractivity contribution in [1.29, 1.82) is 0 Å². The number of carbonyl (C=O) groups is 1. The van der Waals surface area contributed by atoms with E-state index >= 15 is 0 Å². The van der Waals surface area contributed by atoms with Crippen LogP contribution in [-0.4, -0.2) is 26.9 Å². The van der Waals surface area contributed by atoms with E-state index in [9.17, 15) is 4.79 Å². The molecule has 72 valence electrons. The van der Waals surface area contributed by atoms with E-state index in [-0.39, 0.29) is 34.4 Å². The van der Waals surface area contributed by atoms with Crippen molar-refractivity contribution in [2.24, 2.45) is 0 Å². The highest BCUT2D eigenvalue weighted by molar-refractivity contribution is 6.26. The number of halogens is 4. The second-order valence-electron chi connectivity index (χ2n) is 0.939. The van der Waals surface area contributed by atoms with E-state index < -0.39 is 0 Å². The van der Waals surface area contributed by atoms with Crippen LogP contribution in [0.1, 0.15) is 6.92 Å². The molecule has 2 nitrogen and oxygen atoms in total. The highest BCUT2D eigenvalue weighted by Crippen LogP contribution is 1.79. The first-order chi connectivity index (χ1) is 3.31. The third-order valence-corrected chi connectivity index (χ3v) is 0.633. The predicted molar refractivity (Wildman–Crippen MR) is 44.8 cm³/mol. The summed E-state index contributed by atoms with van der Waals surface area (Å²) in [7, 11) is 0. The molecule has 11 heavy (non-hydrogen) atoms. The van der Waals surface area contributed by atoms with Gasteiger partial charge in [0.15, 0.2) is 0 Å². The lowest BCUT2D eigenvalue weighted by Gasteiger charge is -1.92. The minimum Gasteiger partial charge on any atom is -0.465 e. The van der Waals surface area contributed by atoms with Gasteiger partial charge in [-0.2, -0.15) is 0 Å². The van der Waals surface area contributed by atoms with E-state index in [1.165, 1.54) is 0 Å². The van der Waals surface area contributed by atoms with Gasteiger partial charge in [-0.05, 0) is 6.92 Å². The standard InChI is InChI=1S/C4H7ClO2.BH3.3FH/c1-2-7-4(6)3-5;;;;/h2-3H2,1H3;1H3;3*1H. The van der Waals surface area contributed by atoms with E-state index in [1.807, 2.05) is 0 Å². The normalized spacial score (nSPS) is 5.27. The van der Waals surface area contributed by atoms with Crippen molar-refractivity contribution >= 4 is 26.0 Å². The van der Waals surface area contributed by atoms with Gasteiger partial charge in [0.2, 0.25) is 0 Å². The van der Waals surface area contributed by atoms with E-state index in [2.05, 4.69) is 4.74 Å². The molecule has 0 bridgehead atoms. The lowest BCUT2D eigenvalue weighted by molar-refractivity contribution is -0.140. The van der Waals surface area contributed by atoms with Crippen molar-refractivity contribution in [3.05, 3.63) is 0 Å². The molecule has 0 N–H and O–H groups in total. The third kappa shape index (κ3) is 26.2. The van der Waals surface area contributed by atoms with Crippen LogP contribution >= 0.6 is 11.6 Å². The number of carbonyl (C=O) groups excluding carboxylic acids is 1. The Hall–Kier alpha value is -0.385. The van der Waals surface area contributed by atoms with Crippen LogP contribution in [0, 0.1) is 0 Å². The zero-order valence-corrected chi connectivity index (χ0v) is 6.09. The van der Waals surface area contributed by atoms with Crippen molar-refractivity contribution in [3.63, 3.8) is 0 Å². The molecule has 0 amide bonds. The predicted octanol–water partition coefficient (Wildman–Crippen LogP) is 0.0619. The van der Waals surface area contributed by atoms with Crippen LogP contribution in [0.25, 0.3) is 0 Å². The molecule has 0 aromatic heterocycles. The fourth-order valence-electron chi connectivity index (χ4n) is 0.200. The monoisotopic (exact) mass is 196 g/mol. The average Bonchev–Trinajstić information content (AvgIpc) is 1.68. The maximum atomic E-state index is 10.1. The largest absolute Gasteiger partial charge is 0.465 e. The summed E-state index contributed by atoms with van der Waals surface area (Å²) in [4.78, 5) is 10.1. The summed E-state index contributed by atoms with van der Waals surface area (Å²) in [6.45, 7) is 2.15. The molecule has 0 aliphatic heterocycles. The molecule has 0 spiro atoms. The highest BCUT2D eigenvalue weighted by atomic mass is 35.5. The van der Waals surface area contributed by atoms with Crippen molar-refractivity contribution in [3.8, 4) is 0 Å². The van der Waals surface area contributed by atoms with E-state index in [0.717, 1.165) is 0 Å². The van der Waals surface area contributed by atoms with Crippen LogP contribution in [0.2, 0.25) is 0 Å². The van der Waals surface area contributed by atoms with Crippen molar-refractivity contribution in [2.45, 2.75) is 6.92 Å². The first kappa shape index (κ1) is 31.1. The lowest BCUT2D eigenvalue weighted by atomic mass is 10.8. The zero-order chi connectivity index (χ0) is 5.70. The molecule has 0 aliphatic carbocycles. The summed E-state index contributed by atoms with van der Waals surface area (Å²) in [5.74, 6) is -0.405. The Balaban J connectivity index is -0.0000000300. The topological polar surface area (TPSA) is 26.3 Å². The van der Waals surface area contributed by atoms with Gasteiger partial charge in [-0.15, -0.1) is 11.6 Å². The number of rotatable bonds is 2. The first-order valence-corrected chi connectivity index (χ1v) is 2.56. The maximum Gasteiger partial charge on any atom is 0.320 e. The quantitative estimate of drug-likeness (QED) is 0.355. The Morgan fingerprint density at radius 2 is 1.73 bits per heavy atom. The van der Waals surface area contributed by atoms with Crippen LogP contribution < -0.4 is 0 Å². The number of alkyl halides is 1. The molecular weight excluding hydrogens is 183 g/mol. The molecular formula is C4H13BClF3O2. The van der Waals surface area contributed by atoms with Gasteiger partial charge < -0.3 is 4.74 Å². The van der Waals surface area contributed by atoms with Gasteiger partial charge in [-0.3, -0.25) is 18.9 Å². The molecule has 0 saturated carbocycles. The van der Waals surface area contributed by atoms with E-state index in [0.29, 0.717) is 6.61 Å². The molecule has 0 aromatic rings. The summed E-state index contributed by atoms with van der Waals surface area (Å²) < 4.78 is 4.42. The number of esters is 1. The summed E-state index contributed by atoms with van der Waals surface area (Å²) in [6, 6.07) is 0. The van der Waals surface area contributed by atoms with Gasteiger partial charge >= 0.3 is 5.97 Å². The summed E-state index contributed by atoms with van der Waals surface area (Å²) in [6.07, 6.45) is 0. The zero-order valence-electron chi connectivity index (χ0n) is 5.33. The minimum absolute atomic E-state index is 0. The van der Waals surface area contributed by atoms with Crippen molar-refractivity contribution in [2.75, 3.05) is 12.5 Å². The van der Waals surface area contributed by atoms with E-state index in [1.54, 1.807) is 6.92 Å². The molecule has 0 unspecified atom stereocenters. The van der Waals surface area contributed by atoms with Gasteiger partial charge in [-0.1, -0.05) is 0 Å². The Bertz CT molecular complexity index is 76.4. The smallest absolute Gasteiger partial charge is 0.320 e. The van der Waals surface area contributed by atoms with Gasteiger partial charge in [0.1, 0.15) is 5.88 Å². The van der Waals surface area contributed by atoms with Gasteiger partial charge in [0.25, 0.3) is 0 Å². The van der Waals surface area contributed by atoms with Crippen LogP contribution in [0.3, 0.4) is 0 Å². The highest BCUT2D eigenvalue weighted by Gasteiger charge is 1.93.